The molecule has 1 amide bonds. The number of amides is 1. The largest absolute Gasteiger partial charge is 0.481 e. The highest BCUT2D eigenvalue weighted by Gasteiger charge is 2.17. The van der Waals surface area contributed by atoms with Gasteiger partial charge in [-0.2, -0.15) is 0 Å². The molecule has 4 heteroatoms. The molecule has 0 heterocycles. The number of nitrogens with one attached hydrogen (secondary N) is 1. The Balaban J connectivity index is 1.91. The Kier molecular flexibility index (Phi) is 5.84. The summed E-state index contributed by atoms with van der Waals surface area (Å²) in [6.07, 6.45) is 0.0918. The van der Waals surface area contributed by atoms with Crippen LogP contribution in [0.3, 0.4) is 0 Å². The first-order valence-electron chi connectivity index (χ1n) is 7.34. The summed E-state index contributed by atoms with van der Waals surface area (Å²) in [6, 6.07) is 15.1. The Morgan fingerprint density at radius 2 is 1.77 bits per heavy atom. The second-order valence-electron chi connectivity index (χ2n) is 5.17. The number of carbonyl (C=O) groups excluding carboxylic acids is 1. The molecule has 0 spiro atoms. The van der Waals surface area contributed by atoms with Crippen LogP contribution < -0.4 is 10.1 Å². The van der Waals surface area contributed by atoms with E-state index in [0.29, 0.717) is 23.7 Å². The topological polar surface area (TPSA) is 38.3 Å². The molecule has 0 aliphatic rings. The van der Waals surface area contributed by atoms with Crippen molar-refractivity contribution < 1.29 is 9.53 Å². The third kappa shape index (κ3) is 4.78. The molecule has 1 N–H and O–H groups in total. The summed E-state index contributed by atoms with van der Waals surface area (Å²) in [4.78, 5) is 12.2. The average Bonchev–Trinajstić information content (AvgIpc) is 2.53. The van der Waals surface area contributed by atoms with Gasteiger partial charge in [-0.1, -0.05) is 48.4 Å². The second kappa shape index (κ2) is 7.85. The quantitative estimate of drug-likeness (QED) is 0.870. The highest BCUT2D eigenvalue weighted by Crippen LogP contribution is 2.17. The fraction of sp³-hybridized carbons (Fsp3) is 0.278. The molecule has 0 aromatic heterocycles. The average molecular weight is 318 g/mol. The molecule has 0 aliphatic heterocycles. The molecule has 2 aromatic rings. The van der Waals surface area contributed by atoms with Gasteiger partial charge in [-0.15, -0.1) is 0 Å². The third-order valence-corrected chi connectivity index (χ3v) is 3.59. The van der Waals surface area contributed by atoms with Crippen LogP contribution in [-0.4, -0.2) is 12.0 Å². The van der Waals surface area contributed by atoms with Crippen molar-refractivity contribution in [1.82, 2.24) is 5.32 Å². The Labute approximate surface area is 136 Å². The van der Waals surface area contributed by atoms with Gasteiger partial charge in [0.25, 0.3) is 5.91 Å². The number of aryl methyl sites for hydroxylation is 1. The maximum atomic E-state index is 12.2. The zero-order chi connectivity index (χ0) is 15.9. The Hall–Kier alpha value is -2.00. The number of ether oxygens (including phenoxy) is 1. The minimum atomic E-state index is -0.508. The highest BCUT2D eigenvalue weighted by atomic mass is 35.5. The Morgan fingerprint density at radius 1 is 1.14 bits per heavy atom. The maximum Gasteiger partial charge on any atom is 0.261 e. The summed E-state index contributed by atoms with van der Waals surface area (Å²) < 4.78 is 5.72. The normalized spacial score (nSPS) is 11.8. The van der Waals surface area contributed by atoms with Crippen molar-refractivity contribution in [2.45, 2.75) is 32.9 Å². The molecule has 0 bridgehead atoms. The molecule has 0 fully saturated rings. The van der Waals surface area contributed by atoms with Gasteiger partial charge in [-0.25, -0.2) is 0 Å². The number of halogens is 1. The number of hydrogen-bond acceptors (Lipinski definition) is 2. The molecular weight excluding hydrogens is 298 g/mol. The summed E-state index contributed by atoms with van der Waals surface area (Å²) in [5, 5.41) is 3.55. The summed E-state index contributed by atoms with van der Waals surface area (Å²) in [7, 11) is 0. The van der Waals surface area contributed by atoms with Crippen LogP contribution in [0.2, 0.25) is 5.02 Å². The van der Waals surface area contributed by atoms with E-state index in [-0.39, 0.29) is 5.91 Å². The van der Waals surface area contributed by atoms with Crippen molar-refractivity contribution in [1.29, 1.82) is 0 Å². The number of hydrogen-bond donors (Lipinski definition) is 1. The lowest BCUT2D eigenvalue weighted by molar-refractivity contribution is -0.128. The minimum Gasteiger partial charge on any atom is -0.481 e. The fourth-order valence-electron chi connectivity index (χ4n) is 2.01. The van der Waals surface area contributed by atoms with E-state index in [4.69, 9.17) is 16.3 Å². The van der Waals surface area contributed by atoms with Gasteiger partial charge in [0.1, 0.15) is 5.75 Å². The molecule has 0 saturated heterocycles. The van der Waals surface area contributed by atoms with E-state index in [9.17, 15) is 4.79 Å². The molecule has 3 nitrogen and oxygen atoms in total. The molecule has 0 unspecified atom stereocenters. The van der Waals surface area contributed by atoms with Gasteiger partial charge in [0.05, 0.1) is 0 Å². The van der Waals surface area contributed by atoms with Gasteiger partial charge < -0.3 is 10.1 Å². The molecule has 116 valence electrons. The van der Waals surface area contributed by atoms with Crippen LogP contribution in [0.5, 0.6) is 5.75 Å². The van der Waals surface area contributed by atoms with E-state index in [2.05, 4.69) is 5.32 Å². The predicted octanol–water partition coefficient (Wildman–Crippen LogP) is 4.12. The standard InChI is InChI=1S/C18H20ClNO2/c1-3-17(22-16-10-8-15(19)9-11-16)18(21)20-12-14-6-4-13(2)5-7-14/h4-11,17H,3,12H2,1-2H3,(H,20,21)/t17-/m1/s1. The first kappa shape index (κ1) is 16.4. The van der Waals surface area contributed by atoms with E-state index < -0.39 is 6.10 Å². The Morgan fingerprint density at radius 3 is 2.36 bits per heavy atom. The molecule has 22 heavy (non-hydrogen) atoms. The molecule has 0 saturated carbocycles. The first-order valence-corrected chi connectivity index (χ1v) is 7.71. The van der Waals surface area contributed by atoms with Crippen LogP contribution in [0.25, 0.3) is 0 Å². The van der Waals surface area contributed by atoms with Crippen molar-refractivity contribution in [2.24, 2.45) is 0 Å². The van der Waals surface area contributed by atoms with Crippen LogP contribution in [0.1, 0.15) is 24.5 Å². The van der Waals surface area contributed by atoms with Gasteiger partial charge in [-0.05, 0) is 43.2 Å². The van der Waals surface area contributed by atoms with Gasteiger partial charge in [0.15, 0.2) is 6.10 Å². The van der Waals surface area contributed by atoms with E-state index in [1.54, 1.807) is 24.3 Å². The van der Waals surface area contributed by atoms with Crippen molar-refractivity contribution in [3.05, 3.63) is 64.7 Å². The highest BCUT2D eigenvalue weighted by molar-refractivity contribution is 6.30. The smallest absolute Gasteiger partial charge is 0.261 e. The van der Waals surface area contributed by atoms with Crippen LogP contribution in [-0.2, 0) is 11.3 Å². The second-order valence-corrected chi connectivity index (χ2v) is 5.61. The van der Waals surface area contributed by atoms with Crippen LogP contribution in [0.15, 0.2) is 48.5 Å². The van der Waals surface area contributed by atoms with Gasteiger partial charge in [0.2, 0.25) is 0 Å². The number of benzene rings is 2. The van der Waals surface area contributed by atoms with Gasteiger partial charge in [-0.3, -0.25) is 4.79 Å². The fourth-order valence-corrected chi connectivity index (χ4v) is 2.13. The van der Waals surface area contributed by atoms with Gasteiger partial charge >= 0.3 is 0 Å². The van der Waals surface area contributed by atoms with E-state index in [1.165, 1.54) is 5.56 Å². The lowest BCUT2D eigenvalue weighted by Crippen LogP contribution is -2.37. The number of carbonyl (C=O) groups is 1. The molecule has 0 radical (unpaired) electrons. The summed E-state index contributed by atoms with van der Waals surface area (Å²) >= 11 is 5.84. The lowest BCUT2D eigenvalue weighted by atomic mass is 10.1. The summed E-state index contributed by atoms with van der Waals surface area (Å²) in [6.45, 7) is 4.46. The van der Waals surface area contributed by atoms with Crippen LogP contribution >= 0.6 is 11.6 Å². The van der Waals surface area contributed by atoms with Crippen molar-refractivity contribution in [3.63, 3.8) is 0 Å². The van der Waals surface area contributed by atoms with Crippen molar-refractivity contribution >= 4 is 17.5 Å². The summed E-state index contributed by atoms with van der Waals surface area (Å²) in [5.41, 5.74) is 2.27. The van der Waals surface area contributed by atoms with E-state index in [1.807, 2.05) is 38.1 Å². The maximum absolute atomic E-state index is 12.2. The lowest BCUT2D eigenvalue weighted by Gasteiger charge is -2.17. The van der Waals surface area contributed by atoms with Gasteiger partial charge in [0, 0.05) is 11.6 Å². The SMILES string of the molecule is CC[C@@H](Oc1ccc(Cl)cc1)C(=O)NCc1ccc(C)cc1. The zero-order valence-corrected chi connectivity index (χ0v) is 13.6. The molecule has 1 atom stereocenters. The predicted molar refractivity (Wildman–Crippen MR) is 89.2 cm³/mol. The van der Waals surface area contributed by atoms with E-state index in [0.717, 1.165) is 5.56 Å². The minimum absolute atomic E-state index is 0.113. The Bertz CT molecular complexity index is 608. The molecule has 0 aliphatic carbocycles. The van der Waals surface area contributed by atoms with Crippen LogP contribution in [0, 0.1) is 6.92 Å². The third-order valence-electron chi connectivity index (χ3n) is 3.34. The monoisotopic (exact) mass is 317 g/mol. The molecule has 2 aromatic carbocycles. The first-order chi connectivity index (χ1) is 10.6. The van der Waals surface area contributed by atoms with Crippen LogP contribution in [0.4, 0.5) is 0 Å². The summed E-state index contributed by atoms with van der Waals surface area (Å²) in [5.74, 6) is 0.528. The van der Waals surface area contributed by atoms with Crippen molar-refractivity contribution in [3.8, 4) is 5.75 Å². The van der Waals surface area contributed by atoms with Crippen molar-refractivity contribution in [2.75, 3.05) is 0 Å². The zero-order valence-electron chi connectivity index (χ0n) is 12.8. The van der Waals surface area contributed by atoms with E-state index >= 15 is 0 Å². The molecule has 2 rings (SSSR count). The molecular formula is C18H20ClNO2. The number of rotatable bonds is 6.